The molecule has 2 N–H and O–H groups in total. The van der Waals surface area contributed by atoms with Crippen LogP contribution in [-0.2, 0) is 16.7 Å². The van der Waals surface area contributed by atoms with E-state index in [9.17, 15) is 0 Å². The quantitative estimate of drug-likeness (QED) is 0.640. The molecule has 0 radical (unpaired) electrons. The normalized spacial score (nSPS) is 22.4. The van der Waals surface area contributed by atoms with Gasteiger partial charge in [0.2, 0.25) is 0 Å². The molecule has 1 saturated heterocycles. The van der Waals surface area contributed by atoms with Gasteiger partial charge in [-0.15, -0.1) is 11.3 Å². The van der Waals surface area contributed by atoms with Crippen molar-refractivity contribution in [3.05, 3.63) is 16.1 Å². The molecule has 0 bridgehead atoms. The molecule has 1 unspecified atom stereocenters. The van der Waals surface area contributed by atoms with Crippen molar-refractivity contribution in [1.29, 1.82) is 0 Å². The van der Waals surface area contributed by atoms with Crippen molar-refractivity contribution in [2.75, 3.05) is 19.7 Å². The van der Waals surface area contributed by atoms with Crippen LogP contribution in [0.5, 0.6) is 0 Å². The number of aliphatic imine (C=N–C) groups is 1. The molecule has 2 heterocycles. The van der Waals surface area contributed by atoms with Crippen molar-refractivity contribution in [2.24, 2.45) is 4.99 Å². The van der Waals surface area contributed by atoms with Crippen LogP contribution in [-0.4, -0.2) is 36.2 Å². The zero-order valence-electron chi connectivity index (χ0n) is 15.0. The lowest BCUT2D eigenvalue weighted by Gasteiger charge is -2.24. The van der Waals surface area contributed by atoms with Crippen LogP contribution in [0.3, 0.4) is 0 Å². The molecule has 1 aliphatic rings. The van der Waals surface area contributed by atoms with Gasteiger partial charge in [0.1, 0.15) is 5.01 Å². The Morgan fingerprint density at radius 2 is 2.22 bits per heavy atom. The van der Waals surface area contributed by atoms with Crippen LogP contribution >= 0.6 is 11.3 Å². The summed E-state index contributed by atoms with van der Waals surface area (Å²) in [7, 11) is 0. The van der Waals surface area contributed by atoms with Crippen LogP contribution in [0.1, 0.15) is 58.2 Å². The molecule has 0 aliphatic carbocycles. The average molecular weight is 339 g/mol. The first kappa shape index (κ1) is 18.2. The molecule has 130 valence electrons. The minimum absolute atomic E-state index is 0.0726. The number of rotatable bonds is 5. The molecular formula is C17H30N4OS. The molecule has 2 rings (SSSR count). The van der Waals surface area contributed by atoms with Crippen molar-refractivity contribution >= 4 is 17.3 Å². The number of nitrogens with one attached hydrogen (secondary N) is 2. The number of guanidine groups is 1. The number of ether oxygens (including phenoxy) is 1. The standard InChI is InChI=1S/C17H30N4OS/c1-6-18-15(20-12-17(5)8-7-9-22-17)19-10-14-21-13(11-23-14)16(2,3)4/h11H,6-10,12H2,1-5H3,(H2,18,19,20). The Kier molecular flexibility index (Phi) is 6.03. The fourth-order valence-electron chi connectivity index (χ4n) is 2.46. The third-order valence-corrected chi connectivity index (χ3v) is 4.80. The summed E-state index contributed by atoms with van der Waals surface area (Å²) in [5.74, 6) is 0.830. The Morgan fingerprint density at radius 1 is 1.43 bits per heavy atom. The molecule has 23 heavy (non-hydrogen) atoms. The Labute approximate surface area is 144 Å². The van der Waals surface area contributed by atoms with Gasteiger partial charge < -0.3 is 15.4 Å². The molecule has 6 heteroatoms. The second kappa shape index (κ2) is 7.62. The van der Waals surface area contributed by atoms with Crippen LogP contribution in [0.4, 0.5) is 0 Å². The molecule has 5 nitrogen and oxygen atoms in total. The molecule has 0 spiro atoms. The van der Waals surface area contributed by atoms with Crippen LogP contribution < -0.4 is 10.6 Å². The summed E-state index contributed by atoms with van der Waals surface area (Å²) in [6.45, 7) is 13.9. The van der Waals surface area contributed by atoms with Crippen molar-refractivity contribution in [3.63, 3.8) is 0 Å². The highest BCUT2D eigenvalue weighted by Crippen LogP contribution is 2.25. The predicted molar refractivity (Wildman–Crippen MR) is 97.2 cm³/mol. The lowest BCUT2D eigenvalue weighted by Crippen LogP contribution is -2.45. The molecule has 1 aromatic heterocycles. The van der Waals surface area contributed by atoms with E-state index in [4.69, 9.17) is 9.72 Å². The average Bonchev–Trinajstić information content (AvgIpc) is 3.11. The molecule has 0 aromatic carbocycles. The first-order chi connectivity index (χ1) is 10.8. The molecule has 1 aliphatic heterocycles. The third kappa shape index (κ3) is 5.46. The maximum absolute atomic E-state index is 5.82. The molecular weight excluding hydrogens is 308 g/mol. The zero-order chi connectivity index (χ0) is 16.9. The van der Waals surface area contributed by atoms with Crippen molar-refractivity contribution in [2.45, 2.75) is 65.0 Å². The molecule has 1 fully saturated rings. The topological polar surface area (TPSA) is 58.5 Å². The number of hydrogen-bond acceptors (Lipinski definition) is 4. The molecule has 0 saturated carbocycles. The summed E-state index contributed by atoms with van der Waals surface area (Å²) in [5, 5.41) is 9.88. The van der Waals surface area contributed by atoms with Crippen LogP contribution in [0.25, 0.3) is 0 Å². The lowest BCUT2D eigenvalue weighted by molar-refractivity contribution is 0.0243. The van der Waals surface area contributed by atoms with Crippen LogP contribution in [0.2, 0.25) is 0 Å². The van der Waals surface area contributed by atoms with E-state index in [2.05, 4.69) is 55.6 Å². The van der Waals surface area contributed by atoms with Gasteiger partial charge in [-0.05, 0) is 26.7 Å². The second-order valence-corrected chi connectivity index (χ2v) is 8.27. The van der Waals surface area contributed by atoms with Crippen LogP contribution in [0, 0.1) is 0 Å². The van der Waals surface area contributed by atoms with Gasteiger partial charge in [-0.25, -0.2) is 9.98 Å². The van der Waals surface area contributed by atoms with Gasteiger partial charge in [-0.3, -0.25) is 0 Å². The van der Waals surface area contributed by atoms with Gasteiger partial charge in [0.15, 0.2) is 5.96 Å². The summed E-state index contributed by atoms with van der Waals surface area (Å²) in [6.07, 6.45) is 2.24. The van der Waals surface area contributed by atoms with E-state index in [1.165, 1.54) is 0 Å². The first-order valence-electron chi connectivity index (χ1n) is 8.43. The zero-order valence-corrected chi connectivity index (χ0v) is 15.8. The van der Waals surface area contributed by atoms with E-state index in [-0.39, 0.29) is 11.0 Å². The minimum Gasteiger partial charge on any atom is -0.373 e. The summed E-state index contributed by atoms with van der Waals surface area (Å²) in [6, 6.07) is 0. The van der Waals surface area contributed by atoms with E-state index in [0.29, 0.717) is 6.54 Å². The predicted octanol–water partition coefficient (Wildman–Crippen LogP) is 3.06. The first-order valence-corrected chi connectivity index (χ1v) is 9.31. The van der Waals surface area contributed by atoms with E-state index < -0.39 is 0 Å². The van der Waals surface area contributed by atoms with Gasteiger partial charge in [-0.2, -0.15) is 0 Å². The van der Waals surface area contributed by atoms with E-state index >= 15 is 0 Å². The van der Waals surface area contributed by atoms with Gasteiger partial charge in [0, 0.05) is 30.5 Å². The van der Waals surface area contributed by atoms with Gasteiger partial charge >= 0.3 is 0 Å². The highest BCUT2D eigenvalue weighted by Gasteiger charge is 2.29. The van der Waals surface area contributed by atoms with Gasteiger partial charge in [0.25, 0.3) is 0 Å². The highest BCUT2D eigenvalue weighted by atomic mass is 32.1. The summed E-state index contributed by atoms with van der Waals surface area (Å²) in [5.41, 5.74) is 1.16. The number of nitrogens with zero attached hydrogens (tertiary/aromatic N) is 2. The Hall–Kier alpha value is -1.14. The maximum atomic E-state index is 5.82. The number of aromatic nitrogens is 1. The highest BCUT2D eigenvalue weighted by molar-refractivity contribution is 7.09. The summed E-state index contributed by atoms with van der Waals surface area (Å²) >= 11 is 1.68. The van der Waals surface area contributed by atoms with E-state index in [0.717, 1.165) is 49.2 Å². The van der Waals surface area contributed by atoms with Crippen molar-refractivity contribution in [3.8, 4) is 0 Å². The van der Waals surface area contributed by atoms with E-state index in [1.807, 2.05) is 0 Å². The molecule has 0 amide bonds. The Bertz CT molecular complexity index is 527. The Morgan fingerprint density at radius 3 is 2.78 bits per heavy atom. The lowest BCUT2D eigenvalue weighted by atomic mass is 9.93. The fourth-order valence-corrected chi connectivity index (χ4v) is 3.41. The molecule has 1 aromatic rings. The van der Waals surface area contributed by atoms with Crippen LogP contribution in [0.15, 0.2) is 10.4 Å². The van der Waals surface area contributed by atoms with Gasteiger partial charge in [0.05, 0.1) is 17.8 Å². The largest absolute Gasteiger partial charge is 0.373 e. The maximum Gasteiger partial charge on any atom is 0.191 e. The summed E-state index contributed by atoms with van der Waals surface area (Å²) < 4.78 is 5.82. The number of hydrogen-bond donors (Lipinski definition) is 2. The monoisotopic (exact) mass is 338 g/mol. The molecule has 1 atom stereocenters. The smallest absolute Gasteiger partial charge is 0.191 e. The van der Waals surface area contributed by atoms with Crippen molar-refractivity contribution < 1.29 is 4.74 Å². The fraction of sp³-hybridized carbons (Fsp3) is 0.765. The third-order valence-electron chi connectivity index (χ3n) is 3.97. The van der Waals surface area contributed by atoms with Crippen molar-refractivity contribution in [1.82, 2.24) is 15.6 Å². The SMILES string of the molecule is CCNC(=NCc1nc(C(C)(C)C)cs1)NCC1(C)CCCO1. The Balaban J connectivity index is 1.94. The second-order valence-electron chi connectivity index (χ2n) is 7.33. The van der Waals surface area contributed by atoms with E-state index in [1.54, 1.807) is 11.3 Å². The number of thiazole rings is 1. The minimum atomic E-state index is -0.0726. The summed E-state index contributed by atoms with van der Waals surface area (Å²) in [4.78, 5) is 9.35. The van der Waals surface area contributed by atoms with Gasteiger partial charge in [-0.1, -0.05) is 20.8 Å².